The van der Waals surface area contributed by atoms with E-state index in [1.165, 1.54) is 23.2 Å². The van der Waals surface area contributed by atoms with Gasteiger partial charge in [-0.05, 0) is 58.3 Å². The maximum Gasteiger partial charge on any atom is 0.274 e. The number of hydrogen-bond acceptors (Lipinski definition) is 5. The quantitative estimate of drug-likeness (QED) is 0.240. The second-order valence-corrected chi connectivity index (χ2v) is 7.28. The van der Waals surface area contributed by atoms with Crippen molar-refractivity contribution in [2.24, 2.45) is 5.10 Å². The van der Waals surface area contributed by atoms with Gasteiger partial charge in [0.1, 0.15) is 11.8 Å². The Labute approximate surface area is 190 Å². The first kappa shape index (κ1) is 21.3. The normalized spacial score (nSPS) is 10.9. The molecule has 0 bridgehead atoms. The van der Waals surface area contributed by atoms with Gasteiger partial charge in [0, 0.05) is 6.20 Å². The Morgan fingerprint density at radius 3 is 2.69 bits per heavy atom. The van der Waals surface area contributed by atoms with Gasteiger partial charge < -0.3 is 9.47 Å². The number of carbonyl (C=O) groups excluding carboxylic acids is 1. The molecule has 0 radical (unpaired) electrons. The highest BCUT2D eigenvalue weighted by Gasteiger charge is 2.10. The Morgan fingerprint density at radius 2 is 1.88 bits per heavy atom. The molecule has 0 aliphatic heterocycles. The van der Waals surface area contributed by atoms with E-state index in [4.69, 9.17) is 21.1 Å². The van der Waals surface area contributed by atoms with Gasteiger partial charge in [-0.1, -0.05) is 48.0 Å². The van der Waals surface area contributed by atoms with Crippen LogP contribution in [-0.4, -0.2) is 24.2 Å². The van der Waals surface area contributed by atoms with Crippen LogP contribution in [0.4, 0.5) is 0 Å². The molecule has 1 amide bonds. The molecule has 160 valence electrons. The molecule has 0 unspecified atom stereocenters. The van der Waals surface area contributed by atoms with Gasteiger partial charge in [-0.15, -0.1) is 0 Å². The number of nitrogens with one attached hydrogen (secondary N) is 1. The second kappa shape index (κ2) is 9.94. The second-order valence-electron chi connectivity index (χ2n) is 6.92. The minimum Gasteiger partial charge on any atom is -0.493 e. The third-order valence-corrected chi connectivity index (χ3v) is 5.08. The number of rotatable bonds is 7. The smallest absolute Gasteiger partial charge is 0.274 e. The van der Waals surface area contributed by atoms with Gasteiger partial charge in [0.05, 0.1) is 18.9 Å². The number of amides is 1. The molecule has 3 aromatic carbocycles. The number of hydrogen-bond donors (Lipinski definition) is 1. The summed E-state index contributed by atoms with van der Waals surface area (Å²) < 4.78 is 11.4. The predicted octanol–water partition coefficient (Wildman–Crippen LogP) is 5.24. The number of pyridine rings is 1. The van der Waals surface area contributed by atoms with Crippen LogP contribution < -0.4 is 14.9 Å². The Morgan fingerprint density at radius 1 is 1.03 bits per heavy atom. The first-order valence-electron chi connectivity index (χ1n) is 9.86. The summed E-state index contributed by atoms with van der Waals surface area (Å²) in [6.45, 7) is 0.413. The van der Waals surface area contributed by atoms with Crippen LogP contribution in [0.2, 0.25) is 5.15 Å². The van der Waals surface area contributed by atoms with E-state index in [1.54, 1.807) is 31.4 Å². The van der Waals surface area contributed by atoms with E-state index in [9.17, 15) is 4.79 Å². The van der Waals surface area contributed by atoms with E-state index in [0.29, 0.717) is 18.1 Å². The summed E-state index contributed by atoms with van der Waals surface area (Å²) in [5, 5.41) is 6.46. The molecule has 4 rings (SSSR count). The van der Waals surface area contributed by atoms with Crippen molar-refractivity contribution in [3.05, 3.63) is 101 Å². The number of benzene rings is 3. The number of aromatic nitrogens is 1. The lowest BCUT2D eigenvalue weighted by Crippen LogP contribution is -2.18. The van der Waals surface area contributed by atoms with Gasteiger partial charge in [0.25, 0.3) is 5.91 Å². The molecule has 6 nitrogen and oxygen atoms in total. The molecular formula is C25H20ClN3O3. The van der Waals surface area contributed by atoms with Gasteiger partial charge in [0.2, 0.25) is 0 Å². The number of hydrazone groups is 1. The molecule has 0 aliphatic rings. The minimum atomic E-state index is -0.443. The zero-order valence-electron chi connectivity index (χ0n) is 17.3. The van der Waals surface area contributed by atoms with Crippen molar-refractivity contribution in [2.45, 2.75) is 6.61 Å². The molecule has 32 heavy (non-hydrogen) atoms. The summed E-state index contributed by atoms with van der Waals surface area (Å²) in [6.07, 6.45) is 3.02. The fourth-order valence-electron chi connectivity index (χ4n) is 3.15. The Balaban J connectivity index is 1.41. The third kappa shape index (κ3) is 5.04. The molecule has 1 aromatic heterocycles. The number of fused-ring (bicyclic) bond motifs is 1. The van der Waals surface area contributed by atoms with Crippen LogP contribution in [0.3, 0.4) is 0 Å². The van der Waals surface area contributed by atoms with E-state index >= 15 is 0 Å². The number of carbonyl (C=O) groups is 1. The molecule has 0 spiro atoms. The molecule has 7 heteroatoms. The summed E-state index contributed by atoms with van der Waals surface area (Å²) in [7, 11) is 1.57. The molecule has 4 aromatic rings. The van der Waals surface area contributed by atoms with Crippen molar-refractivity contribution >= 4 is 34.5 Å². The Bertz CT molecular complexity index is 1290. The molecule has 0 saturated heterocycles. The van der Waals surface area contributed by atoms with Crippen LogP contribution in [0.25, 0.3) is 10.8 Å². The largest absolute Gasteiger partial charge is 0.493 e. The maximum atomic E-state index is 12.1. The molecule has 0 saturated carbocycles. The lowest BCUT2D eigenvalue weighted by Gasteiger charge is -2.12. The topological polar surface area (TPSA) is 72.8 Å². The standard InChI is InChI=1S/C25H20ClN3O3/c1-31-23-14-17(15-28-29-25(30)21-7-4-12-27-24(21)26)9-11-22(23)32-16-18-8-10-19-5-2-3-6-20(19)13-18/h2-15H,16H2,1H3,(H,29,30). The van der Waals surface area contributed by atoms with Crippen LogP contribution >= 0.6 is 11.6 Å². The van der Waals surface area contributed by atoms with Gasteiger partial charge in [-0.25, -0.2) is 10.4 Å². The van der Waals surface area contributed by atoms with Crippen molar-refractivity contribution in [3.8, 4) is 11.5 Å². The van der Waals surface area contributed by atoms with E-state index in [-0.39, 0.29) is 10.7 Å². The van der Waals surface area contributed by atoms with Crippen molar-refractivity contribution in [2.75, 3.05) is 7.11 Å². The summed E-state index contributed by atoms with van der Waals surface area (Å²) >= 11 is 5.92. The number of methoxy groups -OCH3 is 1. The zero-order chi connectivity index (χ0) is 22.3. The van der Waals surface area contributed by atoms with Crippen molar-refractivity contribution in [1.82, 2.24) is 10.4 Å². The molecule has 0 aliphatic carbocycles. The van der Waals surface area contributed by atoms with Crippen LogP contribution in [0.1, 0.15) is 21.5 Å². The average molecular weight is 446 g/mol. The molecule has 0 fully saturated rings. The molecule has 1 N–H and O–H groups in total. The average Bonchev–Trinajstić information content (AvgIpc) is 2.83. The highest BCUT2D eigenvalue weighted by atomic mass is 35.5. The lowest BCUT2D eigenvalue weighted by molar-refractivity contribution is 0.0955. The van der Waals surface area contributed by atoms with E-state index < -0.39 is 5.91 Å². The van der Waals surface area contributed by atoms with E-state index in [1.807, 2.05) is 24.3 Å². The summed E-state index contributed by atoms with van der Waals surface area (Å²) in [4.78, 5) is 16.0. The molecule has 0 atom stereocenters. The molecular weight excluding hydrogens is 426 g/mol. The Kier molecular flexibility index (Phi) is 6.63. The SMILES string of the molecule is COc1cc(C=NNC(=O)c2cccnc2Cl)ccc1OCc1ccc2ccccc2c1. The first-order chi connectivity index (χ1) is 15.6. The molecule has 1 heterocycles. The fourth-order valence-corrected chi connectivity index (χ4v) is 3.36. The van der Waals surface area contributed by atoms with E-state index in [2.05, 4.69) is 39.8 Å². The van der Waals surface area contributed by atoms with Crippen LogP contribution in [0, 0.1) is 0 Å². The number of halogens is 1. The third-order valence-electron chi connectivity index (χ3n) is 4.78. The van der Waals surface area contributed by atoms with Crippen LogP contribution in [0.15, 0.2) is 84.1 Å². The highest BCUT2D eigenvalue weighted by molar-refractivity contribution is 6.32. The van der Waals surface area contributed by atoms with Gasteiger partial charge in [-0.3, -0.25) is 4.79 Å². The highest BCUT2D eigenvalue weighted by Crippen LogP contribution is 2.28. The van der Waals surface area contributed by atoms with Crippen molar-refractivity contribution in [1.29, 1.82) is 0 Å². The lowest BCUT2D eigenvalue weighted by atomic mass is 10.1. The zero-order valence-corrected chi connectivity index (χ0v) is 18.0. The summed E-state index contributed by atoms with van der Waals surface area (Å²) in [5.41, 5.74) is 4.48. The summed E-state index contributed by atoms with van der Waals surface area (Å²) in [6, 6.07) is 23.1. The van der Waals surface area contributed by atoms with E-state index in [0.717, 1.165) is 11.1 Å². The van der Waals surface area contributed by atoms with Crippen LogP contribution in [-0.2, 0) is 6.61 Å². The van der Waals surface area contributed by atoms with Crippen molar-refractivity contribution in [3.63, 3.8) is 0 Å². The monoisotopic (exact) mass is 445 g/mol. The minimum absolute atomic E-state index is 0.120. The number of ether oxygens (including phenoxy) is 2. The fraction of sp³-hybridized carbons (Fsp3) is 0.0800. The van der Waals surface area contributed by atoms with Gasteiger partial charge in [0.15, 0.2) is 11.5 Å². The van der Waals surface area contributed by atoms with Crippen LogP contribution in [0.5, 0.6) is 11.5 Å². The van der Waals surface area contributed by atoms with Gasteiger partial charge in [-0.2, -0.15) is 5.10 Å². The van der Waals surface area contributed by atoms with Gasteiger partial charge >= 0.3 is 0 Å². The predicted molar refractivity (Wildman–Crippen MR) is 126 cm³/mol. The van der Waals surface area contributed by atoms with Crippen molar-refractivity contribution < 1.29 is 14.3 Å². The summed E-state index contributed by atoms with van der Waals surface area (Å²) in [5.74, 6) is 0.738. The maximum absolute atomic E-state index is 12.1. The Hall–Kier alpha value is -3.90. The number of nitrogens with zero attached hydrogens (tertiary/aromatic N) is 2. The first-order valence-corrected chi connectivity index (χ1v) is 10.2.